The smallest absolute Gasteiger partial charge is 0.237 e. The van der Waals surface area contributed by atoms with Gasteiger partial charge in [0.2, 0.25) is 11.8 Å². The molecule has 0 spiro atoms. The van der Waals surface area contributed by atoms with Crippen LogP contribution in [0.5, 0.6) is 5.75 Å². The molecular formula is C18H24N4O3S3. The SMILES string of the molecule is CCCNC(=O)CSc1nnc(SC(C)C(=O)Nc2cc(C)ccc2OC)s1. The molecular weight excluding hydrogens is 416 g/mol. The number of nitrogens with one attached hydrogen (secondary N) is 2. The van der Waals surface area contributed by atoms with Gasteiger partial charge in [-0.1, -0.05) is 47.9 Å². The van der Waals surface area contributed by atoms with Crippen LogP contribution in [0, 0.1) is 6.92 Å². The summed E-state index contributed by atoms with van der Waals surface area (Å²) in [6.07, 6.45) is 0.907. The van der Waals surface area contributed by atoms with Crippen molar-refractivity contribution in [3.05, 3.63) is 23.8 Å². The Kier molecular flexibility index (Phi) is 9.07. The van der Waals surface area contributed by atoms with Crippen LogP contribution in [0.4, 0.5) is 5.69 Å². The van der Waals surface area contributed by atoms with E-state index in [1.54, 1.807) is 7.11 Å². The number of benzene rings is 1. The van der Waals surface area contributed by atoms with Crippen molar-refractivity contribution in [2.75, 3.05) is 24.7 Å². The van der Waals surface area contributed by atoms with Gasteiger partial charge in [-0.2, -0.15) is 0 Å². The Balaban J connectivity index is 1.88. The van der Waals surface area contributed by atoms with Crippen LogP contribution < -0.4 is 15.4 Å². The molecule has 2 N–H and O–H groups in total. The van der Waals surface area contributed by atoms with Gasteiger partial charge in [-0.3, -0.25) is 9.59 Å². The highest BCUT2D eigenvalue weighted by Crippen LogP contribution is 2.32. The van der Waals surface area contributed by atoms with E-state index >= 15 is 0 Å². The van der Waals surface area contributed by atoms with Gasteiger partial charge in [-0.15, -0.1) is 10.2 Å². The van der Waals surface area contributed by atoms with E-state index in [0.717, 1.165) is 12.0 Å². The fourth-order valence-electron chi connectivity index (χ4n) is 2.10. The van der Waals surface area contributed by atoms with Crippen molar-refractivity contribution in [2.24, 2.45) is 0 Å². The van der Waals surface area contributed by atoms with Gasteiger partial charge in [-0.25, -0.2) is 0 Å². The number of rotatable bonds is 10. The lowest BCUT2D eigenvalue weighted by Gasteiger charge is -2.13. The third-order valence-corrected chi connectivity index (χ3v) is 6.79. The summed E-state index contributed by atoms with van der Waals surface area (Å²) in [6, 6.07) is 5.63. The Bertz CT molecular complexity index is 813. The molecule has 2 amide bonds. The summed E-state index contributed by atoms with van der Waals surface area (Å²) in [5, 5.41) is 13.6. The highest BCUT2D eigenvalue weighted by molar-refractivity contribution is 8.04. The second kappa shape index (κ2) is 11.3. The average Bonchev–Trinajstić information content (AvgIpc) is 3.12. The number of aryl methyl sites for hydroxylation is 1. The van der Waals surface area contributed by atoms with Gasteiger partial charge in [0.1, 0.15) is 5.75 Å². The number of nitrogens with zero attached hydrogens (tertiary/aromatic N) is 2. The number of methoxy groups -OCH3 is 1. The molecule has 1 heterocycles. The minimum atomic E-state index is -0.358. The van der Waals surface area contributed by atoms with Gasteiger partial charge in [0, 0.05) is 6.54 Å². The molecule has 2 aromatic rings. The second-order valence-corrected chi connectivity index (χ2v) is 9.71. The topological polar surface area (TPSA) is 93.2 Å². The molecule has 0 radical (unpaired) electrons. The number of hydrogen-bond acceptors (Lipinski definition) is 8. The number of carbonyl (C=O) groups is 2. The molecule has 0 saturated heterocycles. The molecule has 0 fully saturated rings. The van der Waals surface area contributed by atoms with E-state index in [9.17, 15) is 9.59 Å². The number of hydrogen-bond donors (Lipinski definition) is 2. The van der Waals surface area contributed by atoms with E-state index < -0.39 is 0 Å². The fourth-order valence-corrected chi connectivity index (χ4v) is 5.10. The molecule has 2 rings (SSSR count). The van der Waals surface area contributed by atoms with E-state index in [2.05, 4.69) is 20.8 Å². The zero-order valence-corrected chi connectivity index (χ0v) is 18.7. The molecule has 0 saturated carbocycles. The van der Waals surface area contributed by atoms with Crippen LogP contribution in [0.2, 0.25) is 0 Å². The normalized spacial score (nSPS) is 11.7. The van der Waals surface area contributed by atoms with Crippen molar-refractivity contribution in [1.29, 1.82) is 0 Å². The van der Waals surface area contributed by atoms with Gasteiger partial charge in [0.25, 0.3) is 0 Å². The Morgan fingerprint density at radius 3 is 2.75 bits per heavy atom. The zero-order chi connectivity index (χ0) is 20.5. The van der Waals surface area contributed by atoms with E-state index in [0.29, 0.717) is 32.4 Å². The van der Waals surface area contributed by atoms with Gasteiger partial charge in [0.05, 0.1) is 23.8 Å². The Labute approximate surface area is 177 Å². The minimum Gasteiger partial charge on any atom is -0.495 e. The highest BCUT2D eigenvalue weighted by atomic mass is 32.2. The Morgan fingerprint density at radius 2 is 2.04 bits per heavy atom. The van der Waals surface area contributed by atoms with E-state index in [4.69, 9.17) is 4.74 Å². The number of carbonyl (C=O) groups excluding carboxylic acids is 2. The van der Waals surface area contributed by atoms with Crippen LogP contribution in [0.15, 0.2) is 26.9 Å². The summed E-state index contributed by atoms with van der Waals surface area (Å²) in [4.78, 5) is 24.2. The maximum atomic E-state index is 12.5. The second-order valence-electron chi connectivity index (χ2n) is 5.93. The molecule has 0 aliphatic rings. The summed E-state index contributed by atoms with van der Waals surface area (Å²) in [6.45, 7) is 6.45. The predicted molar refractivity (Wildman–Crippen MR) is 116 cm³/mol. The van der Waals surface area contributed by atoms with E-state index in [1.807, 2.05) is 39.0 Å². The summed E-state index contributed by atoms with van der Waals surface area (Å²) in [7, 11) is 1.57. The zero-order valence-electron chi connectivity index (χ0n) is 16.3. The van der Waals surface area contributed by atoms with Crippen molar-refractivity contribution in [3.63, 3.8) is 0 Å². The summed E-state index contributed by atoms with van der Waals surface area (Å²) < 4.78 is 6.70. The third-order valence-electron chi connectivity index (χ3n) is 3.55. The van der Waals surface area contributed by atoms with Gasteiger partial charge in [-0.05, 0) is 38.0 Å². The molecule has 1 aromatic carbocycles. The number of thioether (sulfide) groups is 2. The molecule has 0 aliphatic heterocycles. The molecule has 1 aromatic heterocycles. The molecule has 1 unspecified atom stereocenters. The lowest BCUT2D eigenvalue weighted by atomic mass is 10.2. The number of anilines is 1. The summed E-state index contributed by atoms with van der Waals surface area (Å²) >= 11 is 4.06. The van der Waals surface area contributed by atoms with E-state index in [1.165, 1.54) is 34.9 Å². The first kappa shape index (κ1) is 22.5. The highest BCUT2D eigenvalue weighted by Gasteiger charge is 2.19. The molecule has 10 heteroatoms. The van der Waals surface area contributed by atoms with Crippen LogP contribution in [0.25, 0.3) is 0 Å². The molecule has 152 valence electrons. The summed E-state index contributed by atoms with van der Waals surface area (Å²) in [5.74, 6) is 0.767. The predicted octanol–water partition coefficient (Wildman–Crippen LogP) is 3.59. The van der Waals surface area contributed by atoms with Crippen molar-refractivity contribution in [1.82, 2.24) is 15.5 Å². The Hall–Kier alpha value is -1.78. The molecule has 0 aliphatic carbocycles. The van der Waals surface area contributed by atoms with Gasteiger partial charge < -0.3 is 15.4 Å². The third kappa shape index (κ3) is 6.99. The standard InChI is InChI=1S/C18H24N4O3S3/c1-5-8-19-15(23)10-26-17-21-22-18(28-17)27-12(3)16(24)20-13-9-11(2)6-7-14(13)25-4/h6-7,9,12H,5,8,10H2,1-4H3,(H,19,23)(H,20,24). The number of ether oxygens (including phenoxy) is 1. The maximum absolute atomic E-state index is 12.5. The number of amides is 2. The largest absolute Gasteiger partial charge is 0.495 e. The monoisotopic (exact) mass is 440 g/mol. The summed E-state index contributed by atoms with van der Waals surface area (Å²) in [5.41, 5.74) is 1.68. The fraction of sp³-hybridized carbons (Fsp3) is 0.444. The Morgan fingerprint density at radius 1 is 1.29 bits per heavy atom. The van der Waals surface area contributed by atoms with Crippen molar-refractivity contribution in [3.8, 4) is 5.75 Å². The molecule has 28 heavy (non-hydrogen) atoms. The first-order valence-corrected chi connectivity index (χ1v) is 11.5. The minimum absolute atomic E-state index is 0.0175. The van der Waals surface area contributed by atoms with Crippen LogP contribution in [-0.2, 0) is 9.59 Å². The first-order valence-electron chi connectivity index (χ1n) is 8.78. The van der Waals surface area contributed by atoms with Crippen LogP contribution in [0.3, 0.4) is 0 Å². The lowest BCUT2D eigenvalue weighted by molar-refractivity contribution is -0.118. The first-order chi connectivity index (χ1) is 13.4. The van der Waals surface area contributed by atoms with Crippen molar-refractivity contribution >= 4 is 52.4 Å². The van der Waals surface area contributed by atoms with Crippen LogP contribution >= 0.6 is 34.9 Å². The average molecular weight is 441 g/mol. The van der Waals surface area contributed by atoms with E-state index in [-0.39, 0.29) is 17.1 Å². The molecule has 0 bridgehead atoms. The van der Waals surface area contributed by atoms with Crippen molar-refractivity contribution in [2.45, 2.75) is 41.1 Å². The molecule has 1 atom stereocenters. The van der Waals surface area contributed by atoms with Crippen LogP contribution in [-0.4, -0.2) is 46.7 Å². The maximum Gasteiger partial charge on any atom is 0.237 e. The number of aromatic nitrogens is 2. The van der Waals surface area contributed by atoms with Gasteiger partial charge in [0.15, 0.2) is 8.68 Å². The molecule has 7 nitrogen and oxygen atoms in total. The van der Waals surface area contributed by atoms with Crippen molar-refractivity contribution < 1.29 is 14.3 Å². The quantitative estimate of drug-likeness (QED) is 0.545. The van der Waals surface area contributed by atoms with Crippen LogP contribution in [0.1, 0.15) is 25.8 Å². The van der Waals surface area contributed by atoms with Gasteiger partial charge >= 0.3 is 0 Å². The lowest BCUT2D eigenvalue weighted by Crippen LogP contribution is -2.25.